The second-order valence-corrected chi connectivity index (χ2v) is 3.94. The molecular weight excluding hydrogens is 226 g/mol. The maximum absolute atomic E-state index is 5.12. The van der Waals surface area contributed by atoms with Crippen LogP contribution in [0.15, 0.2) is 42.7 Å². The molecule has 0 bridgehead atoms. The van der Waals surface area contributed by atoms with Crippen molar-refractivity contribution < 1.29 is 4.74 Å². The molecule has 0 fully saturated rings. The van der Waals surface area contributed by atoms with Crippen molar-refractivity contribution in [2.45, 2.75) is 13.0 Å². The second-order valence-electron chi connectivity index (χ2n) is 3.94. The molecule has 2 aromatic rings. The first-order chi connectivity index (χ1) is 8.88. The first-order valence-electron chi connectivity index (χ1n) is 5.98. The highest BCUT2D eigenvalue weighted by atomic mass is 16.5. The van der Waals surface area contributed by atoms with Gasteiger partial charge in [0.1, 0.15) is 11.6 Å². The van der Waals surface area contributed by atoms with Crippen molar-refractivity contribution in [3.05, 3.63) is 54.1 Å². The summed E-state index contributed by atoms with van der Waals surface area (Å²) < 4.78 is 5.12. The third-order valence-electron chi connectivity index (χ3n) is 2.65. The Morgan fingerprint density at radius 3 is 2.50 bits per heavy atom. The fourth-order valence-corrected chi connectivity index (χ4v) is 1.65. The van der Waals surface area contributed by atoms with Crippen LogP contribution in [0.4, 0.5) is 0 Å². The van der Waals surface area contributed by atoms with E-state index in [0.717, 1.165) is 24.5 Å². The molecule has 1 aromatic heterocycles. The van der Waals surface area contributed by atoms with Gasteiger partial charge in [0.25, 0.3) is 0 Å². The average Bonchev–Trinajstić information content (AvgIpc) is 2.45. The van der Waals surface area contributed by atoms with Gasteiger partial charge >= 0.3 is 0 Å². The van der Waals surface area contributed by atoms with E-state index in [2.05, 4.69) is 27.4 Å². The molecule has 1 N–H and O–H groups in total. The number of benzene rings is 1. The summed E-state index contributed by atoms with van der Waals surface area (Å²) in [6, 6.07) is 9.95. The standard InChI is InChI=1S/C14H17N3O/c1-18-13-5-3-12(4-6-13)7-10-15-11-14-16-8-2-9-17-14/h2-6,8-9,15H,7,10-11H2,1H3. The number of nitrogens with zero attached hydrogens (tertiary/aromatic N) is 2. The summed E-state index contributed by atoms with van der Waals surface area (Å²) in [7, 11) is 1.68. The highest BCUT2D eigenvalue weighted by Crippen LogP contribution is 2.11. The summed E-state index contributed by atoms with van der Waals surface area (Å²) in [4.78, 5) is 8.31. The molecule has 0 unspecified atom stereocenters. The molecule has 0 radical (unpaired) electrons. The van der Waals surface area contributed by atoms with Gasteiger partial charge in [-0.2, -0.15) is 0 Å². The van der Waals surface area contributed by atoms with Gasteiger partial charge in [-0.3, -0.25) is 0 Å². The minimum Gasteiger partial charge on any atom is -0.497 e. The van der Waals surface area contributed by atoms with Crippen LogP contribution in [0.25, 0.3) is 0 Å². The highest BCUT2D eigenvalue weighted by molar-refractivity contribution is 5.27. The van der Waals surface area contributed by atoms with Crippen molar-refractivity contribution in [2.75, 3.05) is 13.7 Å². The fraction of sp³-hybridized carbons (Fsp3) is 0.286. The smallest absolute Gasteiger partial charge is 0.141 e. The molecule has 0 aliphatic rings. The minimum atomic E-state index is 0.705. The van der Waals surface area contributed by atoms with Gasteiger partial charge in [-0.25, -0.2) is 9.97 Å². The molecular formula is C14H17N3O. The van der Waals surface area contributed by atoms with Gasteiger partial charge in [-0.15, -0.1) is 0 Å². The Morgan fingerprint density at radius 1 is 1.11 bits per heavy atom. The molecule has 0 spiro atoms. The van der Waals surface area contributed by atoms with E-state index in [0.29, 0.717) is 6.54 Å². The van der Waals surface area contributed by atoms with Crippen LogP contribution in [0.5, 0.6) is 5.75 Å². The molecule has 1 aromatic carbocycles. The third-order valence-corrected chi connectivity index (χ3v) is 2.65. The molecule has 2 rings (SSSR count). The number of aromatic nitrogens is 2. The van der Waals surface area contributed by atoms with E-state index in [1.165, 1.54) is 5.56 Å². The predicted octanol–water partition coefficient (Wildman–Crippen LogP) is 1.82. The normalized spacial score (nSPS) is 10.3. The van der Waals surface area contributed by atoms with Crippen molar-refractivity contribution in [3.63, 3.8) is 0 Å². The number of rotatable bonds is 6. The Morgan fingerprint density at radius 2 is 1.83 bits per heavy atom. The molecule has 0 atom stereocenters. The first kappa shape index (κ1) is 12.5. The van der Waals surface area contributed by atoms with Crippen LogP contribution in [0, 0.1) is 0 Å². The molecule has 1 heterocycles. The molecule has 4 nitrogen and oxygen atoms in total. The lowest BCUT2D eigenvalue weighted by Crippen LogP contribution is -2.18. The van der Waals surface area contributed by atoms with Crippen molar-refractivity contribution in [1.82, 2.24) is 15.3 Å². The van der Waals surface area contributed by atoms with Gasteiger partial charge in [0.2, 0.25) is 0 Å². The van der Waals surface area contributed by atoms with E-state index in [1.54, 1.807) is 19.5 Å². The zero-order valence-electron chi connectivity index (χ0n) is 10.5. The summed E-state index contributed by atoms with van der Waals surface area (Å²) in [5.74, 6) is 1.72. The monoisotopic (exact) mass is 243 g/mol. The third kappa shape index (κ3) is 3.82. The Balaban J connectivity index is 1.72. The van der Waals surface area contributed by atoms with Crippen LogP contribution in [0.2, 0.25) is 0 Å². The first-order valence-corrected chi connectivity index (χ1v) is 5.98. The molecule has 18 heavy (non-hydrogen) atoms. The Kier molecular flexibility index (Phi) is 4.67. The molecule has 0 aliphatic carbocycles. The molecule has 4 heteroatoms. The second kappa shape index (κ2) is 6.71. The summed E-state index contributed by atoms with van der Waals surface area (Å²) in [6.45, 7) is 1.61. The largest absolute Gasteiger partial charge is 0.497 e. The van der Waals surface area contributed by atoms with Gasteiger partial charge in [0.15, 0.2) is 0 Å². The van der Waals surface area contributed by atoms with Crippen LogP contribution in [0.1, 0.15) is 11.4 Å². The summed E-state index contributed by atoms with van der Waals surface area (Å²) in [5.41, 5.74) is 1.29. The zero-order chi connectivity index (χ0) is 12.6. The Bertz CT molecular complexity index is 456. The minimum absolute atomic E-state index is 0.705. The number of methoxy groups -OCH3 is 1. The van der Waals surface area contributed by atoms with Crippen molar-refractivity contribution in [3.8, 4) is 5.75 Å². The van der Waals surface area contributed by atoms with E-state index in [1.807, 2.05) is 18.2 Å². The SMILES string of the molecule is COc1ccc(CCNCc2ncccn2)cc1. The van der Waals surface area contributed by atoms with Gasteiger partial charge < -0.3 is 10.1 Å². The maximum atomic E-state index is 5.12. The molecule has 94 valence electrons. The van der Waals surface area contributed by atoms with Crippen molar-refractivity contribution in [2.24, 2.45) is 0 Å². The van der Waals surface area contributed by atoms with Crippen LogP contribution in [-0.2, 0) is 13.0 Å². The fourth-order valence-electron chi connectivity index (χ4n) is 1.65. The topological polar surface area (TPSA) is 47.0 Å². The van der Waals surface area contributed by atoms with E-state index in [9.17, 15) is 0 Å². The van der Waals surface area contributed by atoms with Gasteiger partial charge in [0, 0.05) is 12.4 Å². The van der Waals surface area contributed by atoms with Crippen LogP contribution in [0.3, 0.4) is 0 Å². The molecule has 0 amide bonds. The maximum Gasteiger partial charge on any atom is 0.141 e. The summed E-state index contributed by atoms with van der Waals surface area (Å²) in [6.07, 6.45) is 4.50. The lowest BCUT2D eigenvalue weighted by atomic mass is 10.1. The molecule has 0 saturated heterocycles. The van der Waals surface area contributed by atoms with Crippen LogP contribution < -0.4 is 10.1 Å². The Labute approximate surface area is 107 Å². The van der Waals surface area contributed by atoms with Crippen LogP contribution in [-0.4, -0.2) is 23.6 Å². The highest BCUT2D eigenvalue weighted by Gasteiger charge is 1.96. The molecule has 0 aliphatic heterocycles. The summed E-state index contributed by atoms with van der Waals surface area (Å²) >= 11 is 0. The molecule has 0 saturated carbocycles. The number of nitrogens with one attached hydrogen (secondary N) is 1. The number of ether oxygens (including phenoxy) is 1. The van der Waals surface area contributed by atoms with E-state index < -0.39 is 0 Å². The lowest BCUT2D eigenvalue weighted by Gasteiger charge is -2.05. The van der Waals surface area contributed by atoms with Crippen molar-refractivity contribution >= 4 is 0 Å². The van der Waals surface area contributed by atoms with E-state index in [4.69, 9.17) is 4.74 Å². The number of hydrogen-bond donors (Lipinski definition) is 1. The van der Waals surface area contributed by atoms with E-state index in [-0.39, 0.29) is 0 Å². The Hall–Kier alpha value is -1.94. The zero-order valence-corrected chi connectivity index (χ0v) is 10.5. The van der Waals surface area contributed by atoms with Gasteiger partial charge in [-0.1, -0.05) is 12.1 Å². The van der Waals surface area contributed by atoms with Crippen LogP contribution >= 0.6 is 0 Å². The lowest BCUT2D eigenvalue weighted by molar-refractivity contribution is 0.414. The van der Waals surface area contributed by atoms with E-state index >= 15 is 0 Å². The average molecular weight is 243 g/mol. The van der Waals surface area contributed by atoms with Gasteiger partial charge in [0.05, 0.1) is 13.7 Å². The predicted molar refractivity (Wildman–Crippen MR) is 70.4 cm³/mol. The number of hydrogen-bond acceptors (Lipinski definition) is 4. The van der Waals surface area contributed by atoms with Gasteiger partial charge in [-0.05, 0) is 36.7 Å². The quantitative estimate of drug-likeness (QED) is 0.786. The summed E-state index contributed by atoms with van der Waals surface area (Å²) in [5, 5.41) is 3.32. The van der Waals surface area contributed by atoms with Crippen molar-refractivity contribution in [1.29, 1.82) is 0 Å².